The van der Waals surface area contributed by atoms with Crippen LogP contribution in [-0.4, -0.2) is 27.6 Å². The molecule has 0 unspecified atom stereocenters. The van der Waals surface area contributed by atoms with Crippen LogP contribution < -0.4 is 4.74 Å². The van der Waals surface area contributed by atoms with Crippen molar-refractivity contribution in [1.82, 2.24) is 9.78 Å². The lowest BCUT2D eigenvalue weighted by atomic mass is 10.2. The molecule has 7 nitrogen and oxygen atoms in total. The molecular weight excluding hydrogens is 250 g/mol. The van der Waals surface area contributed by atoms with Gasteiger partial charge in [0, 0.05) is 24.0 Å². The molecule has 98 valence electrons. The molecule has 2 aromatic rings. The van der Waals surface area contributed by atoms with Crippen LogP contribution in [0.15, 0.2) is 36.7 Å². The fraction of sp³-hybridized carbons (Fsp3) is 0.167. The third kappa shape index (κ3) is 3.15. The number of carbonyl (C=O) groups excluding carboxylic acids is 1. The van der Waals surface area contributed by atoms with Gasteiger partial charge >= 0.3 is 5.69 Å². The Labute approximate surface area is 108 Å². The number of rotatable bonds is 6. The van der Waals surface area contributed by atoms with Gasteiger partial charge in [-0.3, -0.25) is 19.6 Å². The van der Waals surface area contributed by atoms with Gasteiger partial charge in [0.2, 0.25) is 0 Å². The van der Waals surface area contributed by atoms with Crippen molar-refractivity contribution in [2.24, 2.45) is 0 Å². The predicted molar refractivity (Wildman–Crippen MR) is 66.2 cm³/mol. The molecule has 19 heavy (non-hydrogen) atoms. The molecule has 7 heteroatoms. The highest BCUT2D eigenvalue weighted by Gasteiger charge is 2.15. The number of hydrogen-bond donors (Lipinski definition) is 0. The van der Waals surface area contributed by atoms with Gasteiger partial charge in [0.15, 0.2) is 5.75 Å². The zero-order chi connectivity index (χ0) is 13.7. The summed E-state index contributed by atoms with van der Waals surface area (Å²) in [6.07, 6.45) is 3.97. The number of nitro groups is 1. The van der Waals surface area contributed by atoms with E-state index in [1.54, 1.807) is 23.1 Å². The van der Waals surface area contributed by atoms with Gasteiger partial charge in [0.25, 0.3) is 0 Å². The van der Waals surface area contributed by atoms with Crippen LogP contribution in [0.25, 0.3) is 0 Å². The lowest BCUT2D eigenvalue weighted by Crippen LogP contribution is -2.09. The Bertz CT molecular complexity index is 581. The molecule has 0 aliphatic heterocycles. The van der Waals surface area contributed by atoms with Crippen LogP contribution in [0.2, 0.25) is 0 Å². The molecule has 0 N–H and O–H groups in total. The Morgan fingerprint density at radius 2 is 2.32 bits per heavy atom. The number of aldehydes is 1. The van der Waals surface area contributed by atoms with Gasteiger partial charge in [-0.2, -0.15) is 5.10 Å². The first-order valence-electron chi connectivity index (χ1n) is 5.54. The maximum absolute atomic E-state index is 10.9. The van der Waals surface area contributed by atoms with Crippen LogP contribution >= 0.6 is 0 Å². The Kier molecular flexibility index (Phi) is 3.87. The van der Waals surface area contributed by atoms with E-state index in [0.717, 1.165) is 0 Å². The molecule has 0 fully saturated rings. The summed E-state index contributed by atoms with van der Waals surface area (Å²) in [4.78, 5) is 20.9. The van der Waals surface area contributed by atoms with Gasteiger partial charge in [0.05, 0.1) is 11.5 Å². The minimum absolute atomic E-state index is 0.141. The van der Waals surface area contributed by atoms with Crippen LogP contribution in [0.3, 0.4) is 0 Å². The van der Waals surface area contributed by atoms with Crippen molar-refractivity contribution in [2.75, 3.05) is 6.61 Å². The van der Waals surface area contributed by atoms with E-state index in [1.165, 1.54) is 18.2 Å². The van der Waals surface area contributed by atoms with Crippen LogP contribution in [0.1, 0.15) is 10.4 Å². The molecule has 0 spiro atoms. The monoisotopic (exact) mass is 261 g/mol. The van der Waals surface area contributed by atoms with Crippen molar-refractivity contribution in [2.45, 2.75) is 6.54 Å². The first-order chi connectivity index (χ1) is 9.20. The minimum Gasteiger partial charge on any atom is -0.485 e. The molecule has 0 aliphatic rings. The predicted octanol–water partition coefficient (Wildman–Crippen LogP) is 1.68. The van der Waals surface area contributed by atoms with Crippen molar-refractivity contribution >= 4 is 12.0 Å². The Morgan fingerprint density at radius 3 is 2.95 bits per heavy atom. The minimum atomic E-state index is -0.573. The van der Waals surface area contributed by atoms with Crippen molar-refractivity contribution in [3.8, 4) is 5.75 Å². The van der Waals surface area contributed by atoms with E-state index < -0.39 is 4.92 Å². The smallest absolute Gasteiger partial charge is 0.311 e. The van der Waals surface area contributed by atoms with Gasteiger partial charge in [-0.25, -0.2) is 0 Å². The standard InChI is InChI=1S/C12H11N3O4/c16-9-10-2-3-12(11(8-10)15(17)18)19-7-6-14-5-1-4-13-14/h1-5,8-9H,6-7H2. The molecule has 0 saturated heterocycles. The van der Waals surface area contributed by atoms with Gasteiger partial charge in [-0.15, -0.1) is 0 Å². The molecule has 0 saturated carbocycles. The first-order valence-corrected chi connectivity index (χ1v) is 5.54. The molecule has 1 heterocycles. The molecule has 0 aliphatic carbocycles. The van der Waals surface area contributed by atoms with Crippen molar-refractivity contribution in [3.05, 3.63) is 52.3 Å². The van der Waals surface area contributed by atoms with E-state index >= 15 is 0 Å². The Hall–Kier alpha value is -2.70. The average molecular weight is 261 g/mol. The molecule has 1 aromatic heterocycles. The molecule has 2 rings (SSSR count). The van der Waals surface area contributed by atoms with Crippen LogP contribution in [0, 0.1) is 10.1 Å². The zero-order valence-electron chi connectivity index (χ0n) is 9.93. The molecule has 0 bridgehead atoms. The lowest BCUT2D eigenvalue weighted by molar-refractivity contribution is -0.385. The molecule has 0 amide bonds. The maximum atomic E-state index is 10.9. The summed E-state index contributed by atoms with van der Waals surface area (Å²) in [5, 5.41) is 14.9. The molecule has 1 aromatic carbocycles. The number of nitro benzene ring substituents is 1. The number of nitrogens with zero attached hydrogens (tertiary/aromatic N) is 3. The molecule has 0 atom stereocenters. The summed E-state index contributed by atoms with van der Waals surface area (Å²) in [5.74, 6) is 0.141. The second-order valence-electron chi connectivity index (χ2n) is 3.72. The summed E-state index contributed by atoms with van der Waals surface area (Å²) >= 11 is 0. The van der Waals surface area contributed by atoms with Crippen molar-refractivity contribution < 1.29 is 14.5 Å². The third-order valence-corrected chi connectivity index (χ3v) is 2.45. The second-order valence-corrected chi connectivity index (χ2v) is 3.72. The maximum Gasteiger partial charge on any atom is 0.311 e. The third-order valence-electron chi connectivity index (χ3n) is 2.45. The lowest BCUT2D eigenvalue weighted by Gasteiger charge is -2.07. The van der Waals surface area contributed by atoms with Gasteiger partial charge in [0.1, 0.15) is 12.9 Å². The summed E-state index contributed by atoms with van der Waals surface area (Å²) in [7, 11) is 0. The largest absolute Gasteiger partial charge is 0.485 e. The Morgan fingerprint density at radius 1 is 1.47 bits per heavy atom. The highest BCUT2D eigenvalue weighted by molar-refractivity contribution is 5.77. The highest BCUT2D eigenvalue weighted by Crippen LogP contribution is 2.27. The SMILES string of the molecule is O=Cc1ccc(OCCn2cccn2)c([N+](=O)[O-])c1. The average Bonchev–Trinajstić information content (AvgIpc) is 2.92. The normalized spacial score (nSPS) is 10.1. The number of carbonyl (C=O) groups is 1. The Balaban J connectivity index is 2.06. The second kappa shape index (κ2) is 5.76. The number of benzene rings is 1. The van der Waals surface area contributed by atoms with E-state index in [4.69, 9.17) is 4.74 Å². The van der Waals surface area contributed by atoms with Gasteiger partial charge < -0.3 is 4.74 Å². The number of aromatic nitrogens is 2. The van der Waals surface area contributed by atoms with Crippen molar-refractivity contribution in [3.63, 3.8) is 0 Å². The van der Waals surface area contributed by atoms with E-state index in [0.29, 0.717) is 12.8 Å². The number of hydrogen-bond acceptors (Lipinski definition) is 5. The van der Waals surface area contributed by atoms with Crippen LogP contribution in [0.5, 0.6) is 5.75 Å². The fourth-order valence-electron chi connectivity index (χ4n) is 1.55. The summed E-state index contributed by atoms with van der Waals surface area (Å²) < 4.78 is 7.01. The fourth-order valence-corrected chi connectivity index (χ4v) is 1.55. The van der Waals surface area contributed by atoms with E-state index in [9.17, 15) is 14.9 Å². The van der Waals surface area contributed by atoms with E-state index in [2.05, 4.69) is 5.10 Å². The summed E-state index contributed by atoms with van der Waals surface area (Å²) in [6, 6.07) is 5.87. The zero-order valence-corrected chi connectivity index (χ0v) is 9.93. The quantitative estimate of drug-likeness (QED) is 0.448. The highest BCUT2D eigenvalue weighted by atomic mass is 16.6. The molecule has 0 radical (unpaired) electrons. The van der Waals surface area contributed by atoms with Crippen LogP contribution in [-0.2, 0) is 6.54 Å². The first kappa shape index (κ1) is 12.7. The van der Waals surface area contributed by atoms with E-state index in [-0.39, 0.29) is 23.6 Å². The van der Waals surface area contributed by atoms with Crippen molar-refractivity contribution in [1.29, 1.82) is 0 Å². The number of ether oxygens (including phenoxy) is 1. The topological polar surface area (TPSA) is 87.3 Å². The van der Waals surface area contributed by atoms with Gasteiger partial charge in [-0.1, -0.05) is 0 Å². The molecular formula is C12H11N3O4. The van der Waals surface area contributed by atoms with Crippen LogP contribution in [0.4, 0.5) is 5.69 Å². The van der Waals surface area contributed by atoms with Gasteiger partial charge in [-0.05, 0) is 18.2 Å². The summed E-state index contributed by atoms with van der Waals surface area (Å²) in [5.41, 5.74) is 0.0243. The van der Waals surface area contributed by atoms with E-state index in [1.807, 2.05) is 0 Å². The summed E-state index contributed by atoms with van der Waals surface area (Å²) in [6.45, 7) is 0.739.